The summed E-state index contributed by atoms with van der Waals surface area (Å²) < 4.78 is 13.2. The molecule has 0 aliphatic heterocycles. The molecule has 1 nitrogen and oxygen atoms in total. The number of rotatable bonds is 4. The van der Waals surface area contributed by atoms with Gasteiger partial charge in [0.2, 0.25) is 0 Å². The van der Waals surface area contributed by atoms with Crippen LogP contribution >= 0.6 is 11.8 Å². The minimum absolute atomic E-state index is 0.138. The van der Waals surface area contributed by atoms with Crippen LogP contribution in [-0.4, -0.2) is 11.8 Å². The van der Waals surface area contributed by atoms with Crippen LogP contribution in [0.15, 0.2) is 29.2 Å². The molecule has 1 saturated carbocycles. The van der Waals surface area contributed by atoms with Crippen molar-refractivity contribution in [3.05, 3.63) is 30.1 Å². The van der Waals surface area contributed by atoms with Gasteiger partial charge in [-0.15, -0.1) is 11.8 Å². The summed E-state index contributed by atoms with van der Waals surface area (Å²) in [6, 6.07) is 7.10. The van der Waals surface area contributed by atoms with E-state index in [1.165, 1.54) is 30.7 Å². The Kier molecular flexibility index (Phi) is 3.08. The first-order chi connectivity index (χ1) is 6.77. The van der Waals surface area contributed by atoms with E-state index >= 15 is 0 Å². The average molecular weight is 211 g/mol. The number of hydrogen-bond donors (Lipinski definition) is 1. The molecule has 1 aliphatic carbocycles. The smallest absolute Gasteiger partial charge is 0.136 e. The highest BCUT2D eigenvalue weighted by atomic mass is 32.2. The normalized spacial score (nSPS) is 18.1. The van der Waals surface area contributed by atoms with Gasteiger partial charge in [-0.05, 0) is 30.9 Å². The lowest BCUT2D eigenvalue weighted by Crippen LogP contribution is -2.25. The van der Waals surface area contributed by atoms with Gasteiger partial charge in [0.1, 0.15) is 5.82 Å². The molecule has 1 aromatic rings. The van der Waals surface area contributed by atoms with Crippen LogP contribution < -0.4 is 5.73 Å². The van der Waals surface area contributed by atoms with Gasteiger partial charge in [-0.2, -0.15) is 0 Å². The Labute approximate surface area is 87.9 Å². The fourth-order valence-corrected chi connectivity index (χ4v) is 2.43. The van der Waals surface area contributed by atoms with Crippen molar-refractivity contribution >= 4 is 11.8 Å². The van der Waals surface area contributed by atoms with Gasteiger partial charge >= 0.3 is 0 Å². The largest absolute Gasteiger partial charge is 0.327 e. The lowest BCUT2D eigenvalue weighted by Gasteiger charge is -2.09. The van der Waals surface area contributed by atoms with E-state index in [2.05, 4.69) is 0 Å². The van der Waals surface area contributed by atoms with E-state index in [-0.39, 0.29) is 11.9 Å². The summed E-state index contributed by atoms with van der Waals surface area (Å²) >= 11 is 1.52. The highest BCUT2D eigenvalue weighted by Gasteiger charge is 2.28. The zero-order valence-electron chi connectivity index (χ0n) is 7.95. The predicted molar refractivity (Wildman–Crippen MR) is 57.8 cm³/mol. The Bertz CT molecular complexity index is 312. The minimum atomic E-state index is -0.138. The summed E-state index contributed by atoms with van der Waals surface area (Å²) in [7, 11) is 0. The van der Waals surface area contributed by atoms with Crippen LogP contribution in [0.3, 0.4) is 0 Å². The molecule has 2 N–H and O–H groups in total. The molecule has 1 atom stereocenters. The lowest BCUT2D eigenvalue weighted by atomic mass is 10.2. The van der Waals surface area contributed by atoms with E-state index in [9.17, 15) is 4.39 Å². The van der Waals surface area contributed by atoms with Crippen molar-refractivity contribution in [1.82, 2.24) is 0 Å². The number of thioether (sulfide) groups is 1. The Morgan fingerprint density at radius 2 is 2.14 bits per heavy atom. The third kappa shape index (κ3) is 2.49. The van der Waals surface area contributed by atoms with Crippen molar-refractivity contribution in [2.75, 3.05) is 5.75 Å². The van der Waals surface area contributed by atoms with Crippen LogP contribution in [0, 0.1) is 11.7 Å². The molecule has 1 unspecified atom stereocenters. The van der Waals surface area contributed by atoms with Crippen molar-refractivity contribution in [2.24, 2.45) is 11.7 Å². The summed E-state index contributed by atoms with van der Waals surface area (Å²) in [4.78, 5) is 0.712. The van der Waals surface area contributed by atoms with E-state index in [0.717, 1.165) is 5.75 Å². The number of halogens is 1. The first-order valence-corrected chi connectivity index (χ1v) is 5.89. The van der Waals surface area contributed by atoms with Gasteiger partial charge in [-0.1, -0.05) is 12.1 Å². The van der Waals surface area contributed by atoms with Gasteiger partial charge in [-0.3, -0.25) is 0 Å². The summed E-state index contributed by atoms with van der Waals surface area (Å²) in [6.45, 7) is 0. The molecule has 0 radical (unpaired) electrons. The summed E-state index contributed by atoms with van der Waals surface area (Å²) in [5.41, 5.74) is 5.93. The molecule has 14 heavy (non-hydrogen) atoms. The van der Waals surface area contributed by atoms with Gasteiger partial charge in [0.15, 0.2) is 0 Å². The van der Waals surface area contributed by atoms with Crippen LogP contribution in [0.2, 0.25) is 0 Å². The molecule has 3 heteroatoms. The third-order valence-corrected chi connectivity index (χ3v) is 3.69. The van der Waals surface area contributed by atoms with Crippen molar-refractivity contribution in [3.63, 3.8) is 0 Å². The Hall–Kier alpha value is -0.540. The highest BCUT2D eigenvalue weighted by molar-refractivity contribution is 7.99. The number of nitrogens with two attached hydrogens (primary N) is 1. The second-order valence-electron chi connectivity index (χ2n) is 3.74. The number of benzene rings is 1. The van der Waals surface area contributed by atoms with E-state index in [1.54, 1.807) is 12.1 Å². The second kappa shape index (κ2) is 4.32. The van der Waals surface area contributed by atoms with Gasteiger partial charge in [0.25, 0.3) is 0 Å². The maximum Gasteiger partial charge on any atom is 0.136 e. The third-order valence-electron chi connectivity index (χ3n) is 2.50. The molecule has 0 spiro atoms. The van der Waals surface area contributed by atoms with Crippen molar-refractivity contribution < 1.29 is 4.39 Å². The number of hydrogen-bond acceptors (Lipinski definition) is 2. The van der Waals surface area contributed by atoms with Crippen LogP contribution in [0.4, 0.5) is 4.39 Å². The SMILES string of the molecule is NC(CSc1ccccc1F)C1CC1. The van der Waals surface area contributed by atoms with Crippen molar-refractivity contribution in [2.45, 2.75) is 23.8 Å². The molecule has 1 aromatic carbocycles. The molecule has 0 heterocycles. The summed E-state index contributed by atoms with van der Waals surface area (Å²) in [6.07, 6.45) is 2.50. The zero-order chi connectivity index (χ0) is 9.97. The maximum absolute atomic E-state index is 13.2. The average Bonchev–Trinajstić information content (AvgIpc) is 2.99. The fourth-order valence-electron chi connectivity index (χ4n) is 1.41. The van der Waals surface area contributed by atoms with Gasteiger partial charge in [-0.25, -0.2) is 4.39 Å². The zero-order valence-corrected chi connectivity index (χ0v) is 8.77. The van der Waals surface area contributed by atoms with Crippen molar-refractivity contribution in [3.8, 4) is 0 Å². The monoisotopic (exact) mass is 211 g/mol. The lowest BCUT2D eigenvalue weighted by molar-refractivity contribution is 0.601. The molecule has 2 rings (SSSR count). The molecular weight excluding hydrogens is 197 g/mol. The van der Waals surface area contributed by atoms with E-state index in [4.69, 9.17) is 5.73 Å². The molecule has 0 amide bonds. The van der Waals surface area contributed by atoms with E-state index < -0.39 is 0 Å². The molecule has 1 fully saturated rings. The molecule has 1 aliphatic rings. The quantitative estimate of drug-likeness (QED) is 0.775. The summed E-state index contributed by atoms with van der Waals surface area (Å²) in [5.74, 6) is 1.38. The topological polar surface area (TPSA) is 26.0 Å². The van der Waals surface area contributed by atoms with Gasteiger partial charge < -0.3 is 5.73 Å². The summed E-state index contributed by atoms with van der Waals surface area (Å²) in [5, 5.41) is 0. The van der Waals surface area contributed by atoms with Crippen LogP contribution in [-0.2, 0) is 0 Å². The Morgan fingerprint density at radius 3 is 2.79 bits per heavy atom. The van der Waals surface area contributed by atoms with Crippen LogP contribution in [0.5, 0.6) is 0 Å². The first kappa shape index (κ1) is 9.99. The Balaban J connectivity index is 1.87. The molecule has 0 saturated heterocycles. The predicted octanol–water partition coefficient (Wildman–Crippen LogP) is 2.66. The molecule has 76 valence electrons. The van der Waals surface area contributed by atoms with Gasteiger partial charge in [0.05, 0.1) is 0 Å². The van der Waals surface area contributed by atoms with Crippen LogP contribution in [0.1, 0.15) is 12.8 Å². The molecule has 0 bridgehead atoms. The highest BCUT2D eigenvalue weighted by Crippen LogP contribution is 2.34. The second-order valence-corrected chi connectivity index (χ2v) is 4.80. The fraction of sp³-hybridized carbons (Fsp3) is 0.455. The first-order valence-electron chi connectivity index (χ1n) is 4.90. The maximum atomic E-state index is 13.2. The van der Waals surface area contributed by atoms with Gasteiger partial charge in [0, 0.05) is 16.7 Å². The standard InChI is InChI=1S/C11H14FNS/c12-9-3-1-2-4-11(9)14-7-10(13)8-5-6-8/h1-4,8,10H,5-7,13H2. The van der Waals surface area contributed by atoms with Crippen LogP contribution in [0.25, 0.3) is 0 Å². The Morgan fingerprint density at radius 1 is 1.43 bits per heavy atom. The molecular formula is C11H14FNS. The molecule has 0 aromatic heterocycles. The van der Waals surface area contributed by atoms with E-state index in [0.29, 0.717) is 10.8 Å². The van der Waals surface area contributed by atoms with E-state index in [1.807, 2.05) is 6.07 Å². The minimum Gasteiger partial charge on any atom is -0.327 e. The van der Waals surface area contributed by atoms with Crippen molar-refractivity contribution in [1.29, 1.82) is 0 Å².